The van der Waals surface area contributed by atoms with Crippen LogP contribution in [0.15, 0.2) is 80.0 Å². The Labute approximate surface area is 234 Å². The van der Waals surface area contributed by atoms with Crippen LogP contribution in [0.1, 0.15) is 30.6 Å². The van der Waals surface area contributed by atoms with E-state index in [1.807, 2.05) is 0 Å². The molecule has 0 aliphatic heterocycles. The third kappa shape index (κ3) is 8.37. The van der Waals surface area contributed by atoms with Gasteiger partial charge in [0, 0.05) is 25.5 Å². The molecule has 0 aliphatic carbocycles. The Hall–Kier alpha value is -5.25. The third-order valence-electron chi connectivity index (χ3n) is 5.24. The Bertz CT molecular complexity index is 1670. The molecule has 3 aromatic carbocycles. The second-order valence-corrected chi connectivity index (χ2v) is 10.4. The zero-order valence-electron chi connectivity index (χ0n) is 22.1. The van der Waals surface area contributed by atoms with Crippen LogP contribution >= 0.6 is 0 Å². The maximum Gasteiger partial charge on any atom is 0.341 e. The zero-order valence-corrected chi connectivity index (χ0v) is 22.9. The summed E-state index contributed by atoms with van der Waals surface area (Å²) in [4.78, 5) is 23.7. The molecule has 5 N–H and O–H groups in total. The Morgan fingerprint density at radius 1 is 1.02 bits per heavy atom. The fourth-order valence-corrected chi connectivity index (χ4v) is 4.09. The van der Waals surface area contributed by atoms with Crippen molar-refractivity contribution in [1.29, 1.82) is 10.9 Å². The van der Waals surface area contributed by atoms with Gasteiger partial charge in [-0.2, -0.15) is 5.10 Å². The van der Waals surface area contributed by atoms with Crippen molar-refractivity contribution in [2.24, 2.45) is 20.6 Å². The van der Waals surface area contributed by atoms with Gasteiger partial charge in [0.1, 0.15) is 5.75 Å². The SMILES string of the molecule is CC(=O)OC(C)OC(=O)c1cccc2c(N/N=N\C(=N)C/C(N=N)=N/Nc3cc(S(C)(=O)=O)ccc3O)cccc12. The number of ether oxygens (including phenoxy) is 2. The van der Waals surface area contributed by atoms with E-state index in [-0.39, 0.29) is 40.0 Å². The number of hydrogen-bond acceptors (Lipinski definition) is 12. The number of nitrogens with one attached hydrogen (secondary N) is 4. The quantitative estimate of drug-likeness (QED) is 0.0426. The molecule has 1 atom stereocenters. The lowest BCUT2D eigenvalue weighted by Gasteiger charge is -2.14. The van der Waals surface area contributed by atoms with Crippen LogP contribution in [-0.2, 0) is 24.1 Å². The molecule has 41 heavy (non-hydrogen) atoms. The molecule has 0 radical (unpaired) electrons. The minimum Gasteiger partial charge on any atom is -0.506 e. The summed E-state index contributed by atoms with van der Waals surface area (Å²) in [5, 5.41) is 33.7. The van der Waals surface area contributed by atoms with Crippen molar-refractivity contribution in [1.82, 2.24) is 0 Å². The predicted molar refractivity (Wildman–Crippen MR) is 149 cm³/mol. The van der Waals surface area contributed by atoms with Crippen LogP contribution in [0.4, 0.5) is 11.4 Å². The summed E-state index contributed by atoms with van der Waals surface area (Å²) in [5.74, 6) is -2.09. The van der Waals surface area contributed by atoms with Gasteiger partial charge in [0.15, 0.2) is 21.5 Å². The molecule has 3 aromatic rings. The number of phenols is 1. The first-order chi connectivity index (χ1) is 19.4. The van der Waals surface area contributed by atoms with Gasteiger partial charge in [0.25, 0.3) is 0 Å². The van der Waals surface area contributed by atoms with Crippen LogP contribution in [0.5, 0.6) is 5.75 Å². The van der Waals surface area contributed by atoms with Crippen LogP contribution in [-0.4, -0.2) is 49.7 Å². The molecule has 0 amide bonds. The van der Waals surface area contributed by atoms with Crippen LogP contribution in [0.2, 0.25) is 0 Å². The number of aromatic hydroxyl groups is 1. The molecule has 0 spiro atoms. The fourth-order valence-electron chi connectivity index (χ4n) is 3.45. The predicted octanol–water partition coefficient (Wildman–Crippen LogP) is 4.62. The van der Waals surface area contributed by atoms with E-state index in [1.165, 1.54) is 32.0 Å². The summed E-state index contributed by atoms with van der Waals surface area (Å²) in [6.07, 6.45) is -0.379. The number of anilines is 2. The first-order valence-corrected chi connectivity index (χ1v) is 13.7. The molecule has 0 saturated heterocycles. The highest BCUT2D eigenvalue weighted by atomic mass is 32.2. The Morgan fingerprint density at radius 3 is 2.41 bits per heavy atom. The van der Waals surface area contributed by atoms with Crippen molar-refractivity contribution in [3.05, 3.63) is 60.2 Å². The summed E-state index contributed by atoms with van der Waals surface area (Å²) in [6, 6.07) is 13.5. The van der Waals surface area contributed by atoms with Crippen molar-refractivity contribution in [2.45, 2.75) is 31.5 Å². The van der Waals surface area contributed by atoms with Gasteiger partial charge in [-0.3, -0.25) is 21.1 Å². The summed E-state index contributed by atoms with van der Waals surface area (Å²) in [7, 11) is -3.54. The lowest BCUT2D eigenvalue weighted by molar-refractivity contribution is -0.162. The Balaban J connectivity index is 1.69. The molecule has 15 nitrogen and oxygen atoms in total. The molecule has 0 fully saturated rings. The van der Waals surface area contributed by atoms with E-state index in [2.05, 4.69) is 31.4 Å². The number of sulfone groups is 1. The molecular formula is C25H26N8O7S. The van der Waals surface area contributed by atoms with Gasteiger partial charge in [-0.15, -0.1) is 10.2 Å². The Morgan fingerprint density at radius 2 is 1.73 bits per heavy atom. The van der Waals surface area contributed by atoms with Gasteiger partial charge in [0.05, 0.1) is 28.3 Å². The van der Waals surface area contributed by atoms with Gasteiger partial charge in [0.2, 0.25) is 6.29 Å². The minimum absolute atomic E-state index is 0.0380. The van der Waals surface area contributed by atoms with E-state index < -0.39 is 28.1 Å². The minimum atomic E-state index is -3.54. The molecule has 0 bridgehead atoms. The number of fused-ring (bicyclic) bond motifs is 1. The third-order valence-corrected chi connectivity index (χ3v) is 6.35. The molecule has 3 rings (SSSR count). The van der Waals surface area contributed by atoms with E-state index in [1.54, 1.807) is 36.4 Å². The molecule has 1 unspecified atom stereocenters. The lowest BCUT2D eigenvalue weighted by atomic mass is 10.0. The first kappa shape index (κ1) is 30.3. The highest BCUT2D eigenvalue weighted by Crippen LogP contribution is 2.28. The van der Waals surface area contributed by atoms with Crippen LogP contribution in [0, 0.1) is 10.9 Å². The summed E-state index contributed by atoms with van der Waals surface area (Å²) in [6.45, 7) is 2.63. The summed E-state index contributed by atoms with van der Waals surface area (Å²) < 4.78 is 33.5. The molecule has 0 aliphatic rings. The molecule has 0 aromatic heterocycles. The smallest absolute Gasteiger partial charge is 0.341 e. The van der Waals surface area contributed by atoms with E-state index in [0.29, 0.717) is 16.5 Å². The number of hydrazone groups is 1. The van der Waals surface area contributed by atoms with E-state index in [9.17, 15) is 23.1 Å². The summed E-state index contributed by atoms with van der Waals surface area (Å²) in [5.41, 5.74) is 13.1. The maximum absolute atomic E-state index is 12.6. The second-order valence-electron chi connectivity index (χ2n) is 8.43. The average molecular weight is 583 g/mol. The van der Waals surface area contributed by atoms with Crippen molar-refractivity contribution in [2.75, 3.05) is 17.1 Å². The molecule has 0 saturated carbocycles. The van der Waals surface area contributed by atoms with Crippen LogP contribution in [0.3, 0.4) is 0 Å². The molecule has 16 heteroatoms. The number of esters is 2. The van der Waals surface area contributed by atoms with Gasteiger partial charge < -0.3 is 14.6 Å². The van der Waals surface area contributed by atoms with Crippen LogP contribution in [0.25, 0.3) is 10.8 Å². The van der Waals surface area contributed by atoms with E-state index in [4.69, 9.17) is 20.4 Å². The van der Waals surface area contributed by atoms with Crippen molar-refractivity contribution in [3.8, 4) is 5.75 Å². The van der Waals surface area contributed by atoms with Gasteiger partial charge in [-0.1, -0.05) is 29.5 Å². The Kier molecular flexibility index (Phi) is 9.76. The number of carbonyl (C=O) groups excluding carboxylic acids is 2. The zero-order chi connectivity index (χ0) is 30.2. The number of hydrogen-bond donors (Lipinski definition) is 5. The van der Waals surface area contributed by atoms with Crippen molar-refractivity contribution in [3.63, 3.8) is 0 Å². The number of rotatable bonds is 10. The number of benzene rings is 3. The number of nitrogens with zero attached hydrogens (tertiary/aromatic N) is 4. The monoisotopic (exact) mass is 582 g/mol. The van der Waals surface area contributed by atoms with E-state index in [0.717, 1.165) is 6.26 Å². The van der Waals surface area contributed by atoms with Crippen LogP contribution < -0.4 is 10.9 Å². The van der Waals surface area contributed by atoms with E-state index >= 15 is 0 Å². The van der Waals surface area contributed by atoms with Gasteiger partial charge >= 0.3 is 11.9 Å². The molecule has 214 valence electrons. The number of phenolic OH excluding ortho intramolecular Hbond substituents is 1. The topological polar surface area (TPSA) is 228 Å². The molecular weight excluding hydrogens is 556 g/mol. The summed E-state index contributed by atoms with van der Waals surface area (Å²) >= 11 is 0. The number of carbonyl (C=O) groups is 2. The first-order valence-electron chi connectivity index (χ1n) is 11.8. The van der Waals surface area contributed by atoms with Crippen molar-refractivity contribution < 1.29 is 32.6 Å². The average Bonchev–Trinajstić information content (AvgIpc) is 2.90. The fraction of sp³-hybridized carbons (Fsp3) is 0.200. The largest absolute Gasteiger partial charge is 0.506 e. The highest BCUT2D eigenvalue weighted by molar-refractivity contribution is 7.90. The second kappa shape index (κ2) is 13.2. The van der Waals surface area contributed by atoms with Crippen molar-refractivity contribution >= 4 is 55.6 Å². The maximum atomic E-state index is 12.6. The van der Waals surface area contributed by atoms with Gasteiger partial charge in [-0.05, 0) is 35.7 Å². The highest BCUT2D eigenvalue weighted by Gasteiger charge is 2.17. The molecule has 0 heterocycles. The van der Waals surface area contributed by atoms with Gasteiger partial charge in [-0.25, -0.2) is 18.7 Å². The lowest BCUT2D eigenvalue weighted by Crippen LogP contribution is -2.20. The normalized spacial score (nSPS) is 12.5. The standard InChI is InChI=1S/C25H26N8O7S/c1-14(34)39-15(2)40-25(36)19-8-4-7-18-17(19)6-5-9-20(18)30-33-31-23(26)13-24(28-27)32-29-21-12-16(41(3,37)38)10-11-22(21)35/h4-12,15,27,29,35H,13H2,1-3H3,(H2,26,30,31)/b28-27?,32-24-. The number of amidine groups is 2.